The minimum absolute atomic E-state index is 0.0454. The van der Waals surface area contributed by atoms with Gasteiger partial charge in [0.05, 0.1) is 11.6 Å². The van der Waals surface area contributed by atoms with Crippen molar-refractivity contribution in [3.63, 3.8) is 0 Å². The van der Waals surface area contributed by atoms with Gasteiger partial charge in [0.15, 0.2) is 0 Å². The molecular formula is C20H19ClN2O3. The highest BCUT2D eigenvalue weighted by Gasteiger charge is 2.26. The Labute approximate surface area is 156 Å². The molecule has 134 valence electrons. The van der Waals surface area contributed by atoms with Gasteiger partial charge in [0.25, 0.3) is 5.56 Å². The maximum atomic E-state index is 12.6. The molecule has 0 saturated heterocycles. The van der Waals surface area contributed by atoms with Gasteiger partial charge < -0.3 is 4.74 Å². The van der Waals surface area contributed by atoms with Crippen LogP contribution in [0.2, 0.25) is 5.02 Å². The van der Waals surface area contributed by atoms with Crippen molar-refractivity contribution in [3.05, 3.63) is 81.4 Å². The molecule has 1 aromatic carbocycles. The molecule has 5 nitrogen and oxygen atoms in total. The summed E-state index contributed by atoms with van der Waals surface area (Å²) in [6.07, 6.45) is 1.65. The van der Waals surface area contributed by atoms with Crippen molar-refractivity contribution in [2.45, 2.75) is 26.4 Å². The van der Waals surface area contributed by atoms with Gasteiger partial charge in [-0.3, -0.25) is 14.0 Å². The molecule has 3 rings (SSSR count). The van der Waals surface area contributed by atoms with Crippen LogP contribution in [-0.2, 0) is 16.1 Å². The summed E-state index contributed by atoms with van der Waals surface area (Å²) in [6.45, 7) is 3.87. The minimum atomic E-state index is -0.408. The lowest BCUT2D eigenvalue weighted by Gasteiger charge is -2.20. The fraction of sp³-hybridized carbons (Fsp3) is 0.250. The van der Waals surface area contributed by atoms with Gasteiger partial charge >= 0.3 is 5.97 Å². The van der Waals surface area contributed by atoms with Crippen LogP contribution in [-0.4, -0.2) is 15.4 Å². The number of pyridine rings is 1. The van der Waals surface area contributed by atoms with Gasteiger partial charge in [-0.1, -0.05) is 43.6 Å². The van der Waals surface area contributed by atoms with Gasteiger partial charge in [-0.25, -0.2) is 4.98 Å². The monoisotopic (exact) mass is 370 g/mol. The molecule has 2 aromatic heterocycles. The molecule has 0 radical (unpaired) electrons. The third-order valence-electron chi connectivity index (χ3n) is 4.14. The first-order valence-corrected chi connectivity index (χ1v) is 8.73. The molecule has 0 aliphatic rings. The standard InChI is InChI=1S/C20H19ClN2O3/c1-13(2)19(14-6-8-15(21)9-7-14)20(25)26-12-16-11-18(24)23-10-4-3-5-17(23)22-16/h3-11,13,19H,12H2,1-2H3. The summed E-state index contributed by atoms with van der Waals surface area (Å²) >= 11 is 5.92. The number of hydrogen-bond donors (Lipinski definition) is 0. The number of hydrogen-bond acceptors (Lipinski definition) is 4. The van der Waals surface area contributed by atoms with Crippen molar-refractivity contribution in [1.82, 2.24) is 9.38 Å². The molecule has 0 bridgehead atoms. The summed E-state index contributed by atoms with van der Waals surface area (Å²) in [5.41, 5.74) is 1.58. The first-order chi connectivity index (χ1) is 12.5. The molecule has 6 heteroatoms. The van der Waals surface area contributed by atoms with Crippen LogP contribution in [0.4, 0.5) is 0 Å². The van der Waals surface area contributed by atoms with Crippen molar-refractivity contribution in [3.8, 4) is 0 Å². The predicted octanol–water partition coefficient (Wildman–Crippen LogP) is 3.83. The van der Waals surface area contributed by atoms with Crippen LogP contribution in [0.25, 0.3) is 5.65 Å². The Kier molecular flexibility index (Phi) is 5.38. The van der Waals surface area contributed by atoms with Crippen LogP contribution in [0, 0.1) is 5.92 Å². The fourth-order valence-corrected chi connectivity index (χ4v) is 3.00. The zero-order chi connectivity index (χ0) is 18.7. The largest absolute Gasteiger partial charge is 0.459 e. The lowest BCUT2D eigenvalue weighted by atomic mass is 9.88. The number of carbonyl (C=O) groups is 1. The second-order valence-electron chi connectivity index (χ2n) is 6.40. The molecule has 26 heavy (non-hydrogen) atoms. The van der Waals surface area contributed by atoms with E-state index in [0.717, 1.165) is 5.56 Å². The first kappa shape index (κ1) is 18.1. The number of esters is 1. The summed E-state index contributed by atoms with van der Waals surface area (Å²) in [4.78, 5) is 29.1. The van der Waals surface area contributed by atoms with E-state index in [1.54, 1.807) is 36.5 Å². The normalized spacial score (nSPS) is 12.3. The van der Waals surface area contributed by atoms with E-state index in [1.807, 2.05) is 26.0 Å². The predicted molar refractivity (Wildman–Crippen MR) is 100 cm³/mol. The van der Waals surface area contributed by atoms with Gasteiger partial charge in [-0.2, -0.15) is 0 Å². The topological polar surface area (TPSA) is 60.7 Å². The quantitative estimate of drug-likeness (QED) is 0.640. The van der Waals surface area contributed by atoms with Crippen molar-refractivity contribution in [2.24, 2.45) is 5.92 Å². The molecule has 0 spiro atoms. The van der Waals surface area contributed by atoms with E-state index >= 15 is 0 Å². The number of fused-ring (bicyclic) bond motifs is 1. The van der Waals surface area contributed by atoms with Gasteiger partial charge in [0.2, 0.25) is 0 Å². The summed E-state index contributed by atoms with van der Waals surface area (Å²) in [5.74, 6) is -0.704. The van der Waals surface area contributed by atoms with E-state index in [4.69, 9.17) is 16.3 Å². The molecule has 0 aliphatic carbocycles. The van der Waals surface area contributed by atoms with Crippen molar-refractivity contribution < 1.29 is 9.53 Å². The van der Waals surface area contributed by atoms with E-state index in [0.29, 0.717) is 16.4 Å². The number of halogens is 1. The molecule has 0 N–H and O–H groups in total. The highest BCUT2D eigenvalue weighted by Crippen LogP contribution is 2.27. The molecule has 3 aromatic rings. The third-order valence-corrected chi connectivity index (χ3v) is 4.39. The van der Waals surface area contributed by atoms with Crippen LogP contribution >= 0.6 is 11.6 Å². The van der Waals surface area contributed by atoms with Crippen LogP contribution in [0.15, 0.2) is 59.5 Å². The van der Waals surface area contributed by atoms with Gasteiger partial charge in [0, 0.05) is 17.3 Å². The molecule has 0 amide bonds. The number of nitrogens with zero attached hydrogens (tertiary/aromatic N) is 2. The van der Waals surface area contributed by atoms with E-state index < -0.39 is 5.92 Å². The van der Waals surface area contributed by atoms with Gasteiger partial charge in [-0.15, -0.1) is 0 Å². The van der Waals surface area contributed by atoms with E-state index in [2.05, 4.69) is 4.98 Å². The van der Waals surface area contributed by atoms with Crippen LogP contribution in [0.3, 0.4) is 0 Å². The lowest BCUT2D eigenvalue weighted by Crippen LogP contribution is -2.22. The average molecular weight is 371 g/mol. The zero-order valence-electron chi connectivity index (χ0n) is 14.6. The van der Waals surface area contributed by atoms with Crippen molar-refractivity contribution in [2.75, 3.05) is 0 Å². The van der Waals surface area contributed by atoms with Crippen LogP contribution in [0.1, 0.15) is 31.0 Å². The maximum absolute atomic E-state index is 12.6. The van der Waals surface area contributed by atoms with E-state index in [1.165, 1.54) is 10.5 Å². The molecular weight excluding hydrogens is 352 g/mol. The van der Waals surface area contributed by atoms with E-state index in [9.17, 15) is 9.59 Å². The maximum Gasteiger partial charge on any atom is 0.314 e. The molecule has 1 unspecified atom stereocenters. The number of carbonyl (C=O) groups excluding carboxylic acids is 1. The summed E-state index contributed by atoms with van der Waals surface area (Å²) in [7, 11) is 0. The van der Waals surface area contributed by atoms with E-state index in [-0.39, 0.29) is 24.1 Å². The number of ether oxygens (including phenoxy) is 1. The smallest absolute Gasteiger partial charge is 0.314 e. The molecule has 2 heterocycles. The summed E-state index contributed by atoms with van der Waals surface area (Å²) in [6, 6.07) is 13.8. The van der Waals surface area contributed by atoms with Crippen LogP contribution in [0.5, 0.6) is 0 Å². The second kappa shape index (κ2) is 7.70. The number of benzene rings is 1. The zero-order valence-corrected chi connectivity index (χ0v) is 15.3. The second-order valence-corrected chi connectivity index (χ2v) is 6.83. The fourth-order valence-electron chi connectivity index (χ4n) is 2.88. The molecule has 0 fully saturated rings. The number of rotatable bonds is 5. The highest BCUT2D eigenvalue weighted by molar-refractivity contribution is 6.30. The Balaban J connectivity index is 1.78. The molecule has 0 aliphatic heterocycles. The van der Waals surface area contributed by atoms with Gasteiger partial charge in [-0.05, 0) is 35.7 Å². The van der Waals surface area contributed by atoms with Crippen molar-refractivity contribution in [1.29, 1.82) is 0 Å². The first-order valence-electron chi connectivity index (χ1n) is 8.35. The Bertz CT molecular complexity index is 980. The van der Waals surface area contributed by atoms with Crippen molar-refractivity contribution >= 4 is 23.2 Å². The Morgan fingerprint density at radius 3 is 2.62 bits per heavy atom. The summed E-state index contributed by atoms with van der Waals surface area (Å²) in [5, 5.41) is 0.616. The average Bonchev–Trinajstić information content (AvgIpc) is 2.61. The number of aromatic nitrogens is 2. The Morgan fingerprint density at radius 2 is 1.92 bits per heavy atom. The molecule has 0 saturated carbocycles. The molecule has 1 atom stereocenters. The highest BCUT2D eigenvalue weighted by atomic mass is 35.5. The Morgan fingerprint density at radius 1 is 1.19 bits per heavy atom. The van der Waals surface area contributed by atoms with Crippen LogP contribution < -0.4 is 5.56 Å². The van der Waals surface area contributed by atoms with Gasteiger partial charge in [0.1, 0.15) is 12.3 Å². The SMILES string of the molecule is CC(C)C(C(=O)OCc1cc(=O)n2ccccc2n1)c1ccc(Cl)cc1. The lowest BCUT2D eigenvalue weighted by molar-refractivity contribution is -0.148. The third kappa shape index (κ3) is 3.94. The Hall–Kier alpha value is -2.66. The summed E-state index contributed by atoms with van der Waals surface area (Å²) < 4.78 is 6.90. The minimum Gasteiger partial charge on any atom is -0.459 e.